The van der Waals surface area contributed by atoms with Crippen LogP contribution in [0.2, 0.25) is 0 Å². The van der Waals surface area contributed by atoms with Crippen LogP contribution >= 0.6 is 0 Å². The topological polar surface area (TPSA) is 160 Å². The third-order valence-corrected chi connectivity index (χ3v) is 3.24. The second-order valence-corrected chi connectivity index (χ2v) is 4.55. The molecule has 0 saturated carbocycles. The van der Waals surface area contributed by atoms with E-state index >= 15 is 0 Å². The Bertz CT molecular complexity index is 697. The van der Waals surface area contributed by atoms with Crippen LogP contribution in [0.15, 0.2) is 10.9 Å². The second kappa shape index (κ2) is 4.52. The molecule has 1 fully saturated rings. The molecule has 0 aliphatic carbocycles. The van der Waals surface area contributed by atoms with Gasteiger partial charge in [0.2, 0.25) is 5.43 Å². The molecule has 0 bridgehead atoms. The first-order valence-corrected chi connectivity index (χ1v) is 5.89. The van der Waals surface area contributed by atoms with Gasteiger partial charge in [-0.15, -0.1) is 5.10 Å². The van der Waals surface area contributed by atoms with Crippen LogP contribution in [0.25, 0.3) is 11.2 Å². The van der Waals surface area contributed by atoms with Crippen LogP contribution in [0, 0.1) is 0 Å². The Kier molecular flexibility index (Phi) is 2.94. The SMILES string of the molecule is Nc1cc(=O)c2nnn([C@@H]3O[C@H](CO)[C@@H](O)[C@H]3O)c2[nH]1. The molecule has 10 heteroatoms. The average Bonchev–Trinajstić information content (AvgIpc) is 2.93. The van der Waals surface area contributed by atoms with E-state index in [-0.39, 0.29) is 17.0 Å². The number of aliphatic hydroxyl groups excluding tert-OH is 3. The minimum atomic E-state index is -1.32. The molecule has 0 radical (unpaired) electrons. The molecule has 6 N–H and O–H groups in total. The molecule has 108 valence electrons. The predicted octanol–water partition coefficient (Wildman–Crippen LogP) is -2.69. The van der Waals surface area contributed by atoms with Crippen LogP contribution in [0.4, 0.5) is 5.82 Å². The number of aromatic amines is 1. The van der Waals surface area contributed by atoms with Crippen molar-refractivity contribution < 1.29 is 20.1 Å². The Hall–Kier alpha value is -2.01. The lowest BCUT2D eigenvalue weighted by Gasteiger charge is -2.14. The van der Waals surface area contributed by atoms with E-state index < -0.39 is 36.6 Å². The maximum atomic E-state index is 11.7. The van der Waals surface area contributed by atoms with Gasteiger partial charge in [-0.25, -0.2) is 0 Å². The van der Waals surface area contributed by atoms with E-state index in [2.05, 4.69) is 15.3 Å². The van der Waals surface area contributed by atoms with Gasteiger partial charge in [-0.05, 0) is 0 Å². The summed E-state index contributed by atoms with van der Waals surface area (Å²) in [6.07, 6.45) is -4.61. The highest BCUT2D eigenvalue weighted by Crippen LogP contribution is 2.29. The fourth-order valence-electron chi connectivity index (χ4n) is 2.22. The quantitative estimate of drug-likeness (QED) is 0.398. The molecule has 1 aliphatic rings. The average molecular weight is 283 g/mol. The zero-order valence-corrected chi connectivity index (χ0v) is 10.2. The summed E-state index contributed by atoms with van der Waals surface area (Å²) in [5.74, 6) is 0.109. The molecule has 2 aromatic heterocycles. The van der Waals surface area contributed by atoms with Crippen LogP contribution in [0.3, 0.4) is 0 Å². The number of nitrogens with zero attached hydrogens (tertiary/aromatic N) is 3. The molecule has 1 aliphatic heterocycles. The molecule has 4 atom stereocenters. The number of anilines is 1. The molecule has 0 aromatic carbocycles. The Balaban J connectivity index is 2.09. The standard InChI is InChI=1S/C10H13N5O5/c11-5-1-3(17)6-9(12-5)15(14-13-6)10-8(19)7(18)4(2-16)20-10/h1,4,7-8,10,16,18-19H,2H2,(H3,11,12,17)/t4-,7-,8-,10-/m1/s1. The van der Waals surface area contributed by atoms with Crippen molar-refractivity contribution in [1.82, 2.24) is 20.0 Å². The first-order chi connectivity index (χ1) is 9.52. The second-order valence-electron chi connectivity index (χ2n) is 4.55. The van der Waals surface area contributed by atoms with Crippen molar-refractivity contribution >= 4 is 17.0 Å². The summed E-state index contributed by atoms with van der Waals surface area (Å²) < 4.78 is 6.44. The molecule has 10 nitrogen and oxygen atoms in total. The van der Waals surface area contributed by atoms with Crippen LogP contribution in [0.5, 0.6) is 0 Å². The largest absolute Gasteiger partial charge is 0.394 e. The van der Waals surface area contributed by atoms with Crippen molar-refractivity contribution in [1.29, 1.82) is 0 Å². The van der Waals surface area contributed by atoms with E-state index in [0.29, 0.717) is 0 Å². The van der Waals surface area contributed by atoms with Gasteiger partial charge in [0.15, 0.2) is 17.4 Å². The number of fused-ring (bicyclic) bond motifs is 1. The summed E-state index contributed by atoms with van der Waals surface area (Å²) in [5.41, 5.74) is 5.34. The minimum absolute atomic E-state index is 0.0388. The number of rotatable bonds is 2. The van der Waals surface area contributed by atoms with Gasteiger partial charge >= 0.3 is 0 Å². The van der Waals surface area contributed by atoms with E-state index in [1.165, 1.54) is 6.07 Å². The summed E-state index contributed by atoms with van der Waals surface area (Å²) in [6.45, 7) is -0.458. The molecular weight excluding hydrogens is 270 g/mol. The number of ether oxygens (including phenoxy) is 1. The number of nitrogens with two attached hydrogens (primary N) is 1. The Morgan fingerprint density at radius 3 is 2.85 bits per heavy atom. The molecule has 20 heavy (non-hydrogen) atoms. The van der Waals surface area contributed by atoms with E-state index in [0.717, 1.165) is 4.68 Å². The lowest BCUT2D eigenvalue weighted by atomic mass is 10.1. The third kappa shape index (κ3) is 1.78. The highest BCUT2D eigenvalue weighted by molar-refractivity contribution is 5.71. The molecular formula is C10H13N5O5. The van der Waals surface area contributed by atoms with Crippen LogP contribution < -0.4 is 11.2 Å². The predicted molar refractivity (Wildman–Crippen MR) is 65.6 cm³/mol. The first kappa shape index (κ1) is 13.0. The summed E-state index contributed by atoms with van der Waals surface area (Å²) in [7, 11) is 0. The number of pyridine rings is 1. The number of nitrogen functional groups attached to an aromatic ring is 1. The fourth-order valence-corrected chi connectivity index (χ4v) is 2.22. The van der Waals surface area contributed by atoms with Crippen LogP contribution in [-0.4, -0.2) is 60.2 Å². The Morgan fingerprint density at radius 2 is 2.20 bits per heavy atom. The van der Waals surface area contributed by atoms with Crippen molar-refractivity contribution in [2.45, 2.75) is 24.5 Å². The van der Waals surface area contributed by atoms with Crippen molar-refractivity contribution in [3.05, 3.63) is 16.3 Å². The molecule has 3 rings (SSSR count). The van der Waals surface area contributed by atoms with E-state index in [4.69, 9.17) is 15.6 Å². The van der Waals surface area contributed by atoms with E-state index in [1.807, 2.05) is 0 Å². The molecule has 2 aromatic rings. The maximum Gasteiger partial charge on any atom is 0.213 e. The number of hydrogen-bond acceptors (Lipinski definition) is 8. The number of hydrogen-bond donors (Lipinski definition) is 5. The highest BCUT2D eigenvalue weighted by Gasteiger charge is 2.44. The molecule has 0 unspecified atom stereocenters. The van der Waals surface area contributed by atoms with Gasteiger partial charge in [0.1, 0.15) is 24.1 Å². The molecule has 1 saturated heterocycles. The smallest absolute Gasteiger partial charge is 0.213 e. The Morgan fingerprint density at radius 1 is 1.45 bits per heavy atom. The van der Waals surface area contributed by atoms with Crippen molar-refractivity contribution in [3.8, 4) is 0 Å². The van der Waals surface area contributed by atoms with Gasteiger partial charge in [-0.2, -0.15) is 4.68 Å². The highest BCUT2D eigenvalue weighted by atomic mass is 16.6. The summed E-state index contributed by atoms with van der Waals surface area (Å²) in [5, 5.41) is 36.1. The zero-order valence-electron chi connectivity index (χ0n) is 10.2. The maximum absolute atomic E-state index is 11.7. The third-order valence-electron chi connectivity index (χ3n) is 3.24. The zero-order chi connectivity index (χ0) is 14.4. The number of aromatic nitrogens is 4. The van der Waals surface area contributed by atoms with Gasteiger partial charge in [-0.1, -0.05) is 5.21 Å². The summed E-state index contributed by atoms with van der Waals surface area (Å²) in [6, 6.07) is 1.17. The Labute approximate surface area is 111 Å². The van der Waals surface area contributed by atoms with Crippen molar-refractivity contribution in [3.63, 3.8) is 0 Å². The first-order valence-electron chi connectivity index (χ1n) is 5.89. The fraction of sp³-hybridized carbons (Fsp3) is 0.500. The van der Waals surface area contributed by atoms with E-state index in [9.17, 15) is 15.0 Å². The lowest BCUT2D eigenvalue weighted by molar-refractivity contribution is -0.0574. The summed E-state index contributed by atoms with van der Waals surface area (Å²) >= 11 is 0. The normalized spacial score (nSPS) is 30.1. The van der Waals surface area contributed by atoms with Crippen molar-refractivity contribution in [2.75, 3.05) is 12.3 Å². The van der Waals surface area contributed by atoms with Crippen LogP contribution in [0.1, 0.15) is 6.23 Å². The van der Waals surface area contributed by atoms with E-state index in [1.54, 1.807) is 0 Å². The minimum Gasteiger partial charge on any atom is -0.394 e. The van der Waals surface area contributed by atoms with Gasteiger partial charge in [0, 0.05) is 6.07 Å². The van der Waals surface area contributed by atoms with Gasteiger partial charge in [-0.3, -0.25) is 4.79 Å². The van der Waals surface area contributed by atoms with Gasteiger partial charge in [0.05, 0.1) is 6.61 Å². The molecule has 0 amide bonds. The number of H-pyrrole nitrogens is 1. The number of aliphatic hydroxyl groups is 3. The van der Waals surface area contributed by atoms with Gasteiger partial charge < -0.3 is 30.8 Å². The molecule has 3 heterocycles. The van der Waals surface area contributed by atoms with Crippen LogP contribution in [-0.2, 0) is 4.74 Å². The summed E-state index contributed by atoms with van der Waals surface area (Å²) in [4.78, 5) is 14.4. The number of nitrogens with one attached hydrogen (secondary N) is 1. The monoisotopic (exact) mass is 283 g/mol. The lowest BCUT2D eigenvalue weighted by Crippen LogP contribution is -2.33. The van der Waals surface area contributed by atoms with Crippen molar-refractivity contribution in [2.24, 2.45) is 0 Å². The molecule has 0 spiro atoms. The van der Waals surface area contributed by atoms with Gasteiger partial charge in [0.25, 0.3) is 0 Å².